The Morgan fingerprint density at radius 2 is 0.857 bits per heavy atom. The van der Waals surface area contributed by atoms with Crippen molar-refractivity contribution in [3.63, 3.8) is 0 Å². The molecule has 0 atom stereocenters. The van der Waals surface area contributed by atoms with E-state index in [-0.39, 0.29) is 0 Å². The van der Waals surface area contributed by atoms with Crippen molar-refractivity contribution >= 4 is 0 Å². The van der Waals surface area contributed by atoms with E-state index >= 15 is 0 Å². The van der Waals surface area contributed by atoms with Gasteiger partial charge in [-0.1, -0.05) is 36.4 Å². The Balaban J connectivity index is 0.000000249. The summed E-state index contributed by atoms with van der Waals surface area (Å²) < 4.78 is 1.21. The van der Waals surface area contributed by atoms with Crippen molar-refractivity contribution in [2.24, 2.45) is 0 Å². The quantitative estimate of drug-likeness (QED) is 0.648. The summed E-state index contributed by atoms with van der Waals surface area (Å²) in [4.78, 5) is 0. The van der Waals surface area contributed by atoms with Crippen LogP contribution in [-0.2, 0) is 0 Å². The number of hydrogen-bond acceptors (Lipinski definition) is 0. The maximum Gasteiger partial charge on any atom is 0.0755 e. The largest absolute Gasteiger partial charge is 0.327 e. The maximum atomic E-state index is 2.29. The zero-order chi connectivity index (χ0) is 10.9. The molecule has 0 unspecified atom stereocenters. The Morgan fingerprint density at radius 1 is 0.643 bits per heavy atom. The van der Waals surface area contributed by atoms with Crippen LogP contribution in [0.4, 0.5) is 0 Å². The first-order chi connectivity index (χ1) is 6.68. The highest BCUT2D eigenvalue weighted by atomic mass is 15.3. The molecule has 0 aliphatic rings. The molecule has 0 fully saturated rings. The van der Waals surface area contributed by atoms with Crippen LogP contribution in [0.25, 0.3) is 0 Å². The van der Waals surface area contributed by atoms with Gasteiger partial charge in [0.2, 0.25) is 0 Å². The molecule has 1 rings (SSSR count). The third kappa shape index (κ3) is 5.76. The summed E-state index contributed by atoms with van der Waals surface area (Å²) in [5.74, 6) is 0. The predicted octanol–water partition coefficient (Wildman–Crippen LogP) is 3.18. The van der Waals surface area contributed by atoms with Crippen molar-refractivity contribution in [3.8, 4) is 0 Å². The summed E-state index contributed by atoms with van der Waals surface area (Å²) in [5, 5.41) is 0. The van der Waals surface area contributed by atoms with Gasteiger partial charge < -0.3 is 4.48 Å². The molecule has 0 aromatic heterocycles. The summed E-state index contributed by atoms with van der Waals surface area (Å²) in [6.45, 7) is 10.5. The van der Waals surface area contributed by atoms with Crippen LogP contribution in [0, 0.1) is 0 Å². The van der Waals surface area contributed by atoms with Crippen LogP contribution >= 0.6 is 0 Å². The SMILES string of the molecule is CC[N+](C)(CC)CC.c1ccccc1. The minimum atomic E-state index is 1.21. The first kappa shape index (κ1) is 13.2. The van der Waals surface area contributed by atoms with Crippen LogP contribution in [0.3, 0.4) is 0 Å². The molecule has 0 aliphatic carbocycles. The molecular formula is C13H24N+. The Labute approximate surface area is 89.0 Å². The van der Waals surface area contributed by atoms with Crippen LogP contribution in [0.2, 0.25) is 0 Å². The summed E-state index contributed by atoms with van der Waals surface area (Å²) in [6.07, 6.45) is 0. The molecule has 0 saturated heterocycles. The third-order valence-corrected chi connectivity index (χ3v) is 2.96. The van der Waals surface area contributed by atoms with Crippen LogP contribution in [0.1, 0.15) is 20.8 Å². The molecule has 0 heterocycles. The molecule has 0 bridgehead atoms. The lowest BCUT2D eigenvalue weighted by atomic mass is 10.4. The van der Waals surface area contributed by atoms with Gasteiger partial charge in [-0.05, 0) is 20.8 Å². The Bertz CT molecular complexity index is 167. The van der Waals surface area contributed by atoms with E-state index < -0.39 is 0 Å². The van der Waals surface area contributed by atoms with Crippen molar-refractivity contribution < 1.29 is 4.48 Å². The molecule has 0 amide bonds. The molecule has 1 nitrogen and oxygen atoms in total. The Morgan fingerprint density at radius 3 is 0.929 bits per heavy atom. The molecule has 14 heavy (non-hydrogen) atoms. The van der Waals surface area contributed by atoms with Crippen molar-refractivity contribution in [1.82, 2.24) is 0 Å². The number of rotatable bonds is 3. The second kappa shape index (κ2) is 7.57. The van der Waals surface area contributed by atoms with E-state index in [4.69, 9.17) is 0 Å². The van der Waals surface area contributed by atoms with E-state index in [1.54, 1.807) is 0 Å². The number of benzene rings is 1. The van der Waals surface area contributed by atoms with E-state index in [1.165, 1.54) is 24.1 Å². The summed E-state index contributed by atoms with van der Waals surface area (Å²) in [5.41, 5.74) is 0. The van der Waals surface area contributed by atoms with Gasteiger partial charge in [0.1, 0.15) is 0 Å². The van der Waals surface area contributed by atoms with Crippen LogP contribution in [0.15, 0.2) is 36.4 Å². The van der Waals surface area contributed by atoms with Gasteiger partial charge in [0.15, 0.2) is 0 Å². The normalized spacial score (nSPS) is 10.3. The predicted molar refractivity (Wildman–Crippen MR) is 64.2 cm³/mol. The van der Waals surface area contributed by atoms with Gasteiger partial charge in [-0.3, -0.25) is 0 Å². The molecule has 0 radical (unpaired) electrons. The number of nitrogens with zero attached hydrogens (tertiary/aromatic N) is 1. The summed E-state index contributed by atoms with van der Waals surface area (Å²) in [6, 6.07) is 12.0. The summed E-state index contributed by atoms with van der Waals surface area (Å²) in [7, 11) is 2.29. The van der Waals surface area contributed by atoms with Gasteiger partial charge in [0, 0.05) is 0 Å². The number of quaternary nitrogens is 1. The fraction of sp³-hybridized carbons (Fsp3) is 0.538. The second-order valence-electron chi connectivity index (χ2n) is 3.72. The highest BCUT2D eigenvalue weighted by molar-refractivity contribution is 4.99. The highest BCUT2D eigenvalue weighted by Crippen LogP contribution is 1.97. The van der Waals surface area contributed by atoms with Gasteiger partial charge in [-0.2, -0.15) is 0 Å². The zero-order valence-electron chi connectivity index (χ0n) is 10.0. The summed E-state index contributed by atoms with van der Waals surface area (Å²) >= 11 is 0. The number of hydrogen-bond donors (Lipinski definition) is 0. The van der Waals surface area contributed by atoms with E-state index in [1.807, 2.05) is 36.4 Å². The average molecular weight is 194 g/mol. The third-order valence-electron chi connectivity index (χ3n) is 2.96. The fourth-order valence-corrected chi connectivity index (χ4v) is 1.06. The molecular weight excluding hydrogens is 170 g/mol. The van der Waals surface area contributed by atoms with Crippen LogP contribution in [-0.4, -0.2) is 31.2 Å². The molecule has 1 aromatic rings. The van der Waals surface area contributed by atoms with Crippen LogP contribution in [0.5, 0.6) is 0 Å². The molecule has 0 saturated carbocycles. The van der Waals surface area contributed by atoms with Crippen molar-refractivity contribution in [1.29, 1.82) is 0 Å². The van der Waals surface area contributed by atoms with Crippen molar-refractivity contribution in [3.05, 3.63) is 36.4 Å². The smallest absolute Gasteiger partial charge is 0.0755 e. The van der Waals surface area contributed by atoms with Crippen LogP contribution < -0.4 is 0 Å². The monoisotopic (exact) mass is 194 g/mol. The Kier molecular flexibility index (Phi) is 7.13. The molecule has 1 heteroatoms. The molecule has 0 N–H and O–H groups in total. The van der Waals surface area contributed by atoms with Gasteiger partial charge >= 0.3 is 0 Å². The minimum absolute atomic E-state index is 1.21. The van der Waals surface area contributed by atoms with E-state index in [0.29, 0.717) is 0 Å². The standard InChI is InChI=1S/C7H18N.C6H6/c1-5-8(4,6-2)7-3;1-2-4-6-5-3-1/h5-7H2,1-4H3;1-6H/q+1;. The maximum absolute atomic E-state index is 2.29. The molecule has 0 spiro atoms. The van der Waals surface area contributed by atoms with Gasteiger partial charge in [-0.25, -0.2) is 0 Å². The van der Waals surface area contributed by atoms with Crippen molar-refractivity contribution in [2.45, 2.75) is 20.8 Å². The molecule has 1 aromatic carbocycles. The lowest BCUT2D eigenvalue weighted by molar-refractivity contribution is -0.904. The lowest BCUT2D eigenvalue weighted by Gasteiger charge is -2.30. The van der Waals surface area contributed by atoms with E-state index in [2.05, 4.69) is 27.8 Å². The average Bonchev–Trinajstić information content (AvgIpc) is 2.31. The first-order valence-electron chi connectivity index (χ1n) is 5.52. The minimum Gasteiger partial charge on any atom is -0.327 e. The Hall–Kier alpha value is -0.820. The van der Waals surface area contributed by atoms with Gasteiger partial charge in [-0.15, -0.1) is 0 Å². The fourth-order valence-electron chi connectivity index (χ4n) is 1.06. The zero-order valence-corrected chi connectivity index (χ0v) is 10.0. The second-order valence-corrected chi connectivity index (χ2v) is 3.72. The molecule has 80 valence electrons. The van der Waals surface area contributed by atoms with Gasteiger partial charge in [0.25, 0.3) is 0 Å². The van der Waals surface area contributed by atoms with E-state index in [9.17, 15) is 0 Å². The highest BCUT2D eigenvalue weighted by Gasteiger charge is 2.10. The van der Waals surface area contributed by atoms with Crippen molar-refractivity contribution in [2.75, 3.05) is 26.7 Å². The lowest BCUT2D eigenvalue weighted by Crippen LogP contribution is -2.42. The van der Waals surface area contributed by atoms with E-state index in [0.717, 1.165) is 0 Å². The topological polar surface area (TPSA) is 0 Å². The van der Waals surface area contributed by atoms with Gasteiger partial charge in [0.05, 0.1) is 26.7 Å². The first-order valence-corrected chi connectivity index (χ1v) is 5.52. The molecule has 0 aliphatic heterocycles.